The molecule has 0 heterocycles. The topological polar surface area (TPSA) is 75.1 Å². The van der Waals surface area contributed by atoms with Gasteiger partial charge in [0.25, 0.3) is 0 Å². The first-order valence-electron chi connectivity index (χ1n) is 10.3. The van der Waals surface area contributed by atoms with Crippen LogP contribution in [-0.4, -0.2) is 44.0 Å². The smallest absolute Gasteiger partial charge is 0.387 e. The van der Waals surface area contributed by atoms with Gasteiger partial charge in [0.15, 0.2) is 17.5 Å². The third-order valence-corrected chi connectivity index (χ3v) is 5.06. The highest BCUT2D eigenvalue weighted by molar-refractivity contribution is 14.0. The van der Waals surface area contributed by atoms with Crippen molar-refractivity contribution in [1.82, 2.24) is 10.6 Å². The molecular weight excluding hydrogens is 507 g/mol. The van der Waals surface area contributed by atoms with Gasteiger partial charge in [-0.1, -0.05) is 19.9 Å². The fraction of sp³-hybridized carbons (Fsp3) is 0.667. The molecular formula is C21H36F2IN3O3. The van der Waals surface area contributed by atoms with Crippen molar-refractivity contribution in [3.63, 3.8) is 0 Å². The highest BCUT2D eigenvalue weighted by Gasteiger charge is 2.25. The fourth-order valence-corrected chi connectivity index (χ4v) is 3.07. The van der Waals surface area contributed by atoms with Crippen molar-refractivity contribution >= 4 is 29.9 Å². The molecule has 6 nitrogen and oxygen atoms in total. The molecule has 1 aromatic carbocycles. The minimum absolute atomic E-state index is 0. The number of rotatable bonds is 13. The molecule has 0 aliphatic rings. The zero-order valence-corrected chi connectivity index (χ0v) is 20.7. The lowest BCUT2D eigenvalue weighted by Gasteiger charge is -2.32. The highest BCUT2D eigenvalue weighted by Crippen LogP contribution is 2.30. The monoisotopic (exact) mass is 543 g/mol. The minimum Gasteiger partial charge on any atom is -0.490 e. The number of alkyl halides is 2. The van der Waals surface area contributed by atoms with Gasteiger partial charge in [0, 0.05) is 19.7 Å². The molecule has 1 rings (SSSR count). The van der Waals surface area contributed by atoms with Crippen LogP contribution in [0.15, 0.2) is 23.2 Å². The summed E-state index contributed by atoms with van der Waals surface area (Å²) < 4.78 is 35.0. The van der Waals surface area contributed by atoms with Crippen LogP contribution < -0.4 is 20.1 Å². The summed E-state index contributed by atoms with van der Waals surface area (Å²) in [7, 11) is 0. The number of nitrogens with zero attached hydrogens (tertiary/aromatic N) is 1. The van der Waals surface area contributed by atoms with Crippen LogP contribution >= 0.6 is 24.0 Å². The maximum atomic E-state index is 12.5. The molecule has 0 amide bonds. The number of aliphatic imine (C=N–C) groups is 1. The van der Waals surface area contributed by atoms with E-state index < -0.39 is 6.61 Å². The summed E-state index contributed by atoms with van der Waals surface area (Å²) in [5.41, 5.74) is 0.835. The quantitative estimate of drug-likeness (QED) is 0.194. The molecule has 0 fully saturated rings. The fourth-order valence-electron chi connectivity index (χ4n) is 3.07. The van der Waals surface area contributed by atoms with E-state index in [1.807, 2.05) is 6.92 Å². The van der Waals surface area contributed by atoms with Crippen LogP contribution in [-0.2, 0) is 6.54 Å². The van der Waals surface area contributed by atoms with E-state index >= 15 is 0 Å². The molecule has 0 bridgehead atoms. The van der Waals surface area contributed by atoms with E-state index in [1.165, 1.54) is 6.07 Å². The Morgan fingerprint density at radius 1 is 1.13 bits per heavy atom. The predicted molar refractivity (Wildman–Crippen MR) is 127 cm³/mol. The number of nitrogens with one attached hydrogen (secondary N) is 2. The van der Waals surface area contributed by atoms with Crippen LogP contribution in [0.25, 0.3) is 0 Å². The first-order valence-corrected chi connectivity index (χ1v) is 10.3. The SMILES string of the molecule is CCNC(=NCc1ccc(OC(F)F)c(OCC)c1)NCC(CC)(CC)CCO.I. The Bertz CT molecular complexity index is 630. The van der Waals surface area contributed by atoms with Gasteiger partial charge in [-0.15, -0.1) is 24.0 Å². The number of halogens is 3. The summed E-state index contributed by atoms with van der Waals surface area (Å²) in [5, 5.41) is 16.0. The number of hydrogen-bond donors (Lipinski definition) is 3. The Hall–Kier alpha value is -1.36. The van der Waals surface area contributed by atoms with Gasteiger partial charge in [-0.3, -0.25) is 0 Å². The van der Waals surface area contributed by atoms with Crippen LogP contribution in [0.1, 0.15) is 52.5 Å². The first kappa shape index (κ1) is 28.6. The number of benzene rings is 1. The minimum atomic E-state index is -2.90. The van der Waals surface area contributed by atoms with E-state index in [2.05, 4.69) is 34.2 Å². The van der Waals surface area contributed by atoms with Crippen molar-refractivity contribution < 1.29 is 23.4 Å². The lowest BCUT2D eigenvalue weighted by molar-refractivity contribution is -0.0514. The maximum absolute atomic E-state index is 12.5. The van der Waals surface area contributed by atoms with E-state index in [-0.39, 0.29) is 47.5 Å². The zero-order valence-electron chi connectivity index (χ0n) is 18.3. The lowest BCUT2D eigenvalue weighted by Crippen LogP contribution is -2.43. The number of hydrogen-bond acceptors (Lipinski definition) is 4. The van der Waals surface area contributed by atoms with Gasteiger partial charge in [-0.25, -0.2) is 4.99 Å². The second-order valence-corrected chi connectivity index (χ2v) is 6.82. The van der Waals surface area contributed by atoms with E-state index in [4.69, 9.17) is 4.74 Å². The molecule has 0 unspecified atom stereocenters. The molecule has 0 aromatic heterocycles. The summed E-state index contributed by atoms with van der Waals surface area (Å²) in [6.07, 6.45) is 2.65. The van der Waals surface area contributed by atoms with Gasteiger partial charge in [-0.2, -0.15) is 8.78 Å². The van der Waals surface area contributed by atoms with Crippen molar-refractivity contribution in [3.05, 3.63) is 23.8 Å². The highest BCUT2D eigenvalue weighted by atomic mass is 127. The number of aliphatic hydroxyl groups excluding tert-OH is 1. The van der Waals surface area contributed by atoms with Crippen molar-refractivity contribution in [2.45, 2.75) is 60.1 Å². The van der Waals surface area contributed by atoms with Crippen LogP contribution in [0.5, 0.6) is 11.5 Å². The second kappa shape index (κ2) is 15.4. The summed E-state index contributed by atoms with van der Waals surface area (Å²) in [6, 6.07) is 4.84. The normalized spacial score (nSPS) is 11.8. The molecule has 174 valence electrons. The van der Waals surface area contributed by atoms with E-state index in [0.29, 0.717) is 32.2 Å². The van der Waals surface area contributed by atoms with Crippen molar-refractivity contribution in [2.75, 3.05) is 26.3 Å². The molecule has 0 aliphatic heterocycles. The Kier molecular flexibility index (Phi) is 14.7. The average Bonchev–Trinajstić information content (AvgIpc) is 2.70. The van der Waals surface area contributed by atoms with E-state index in [1.54, 1.807) is 19.1 Å². The van der Waals surface area contributed by atoms with Crippen LogP contribution in [0.3, 0.4) is 0 Å². The summed E-state index contributed by atoms with van der Waals surface area (Å²) in [4.78, 5) is 4.59. The van der Waals surface area contributed by atoms with E-state index in [0.717, 1.165) is 24.8 Å². The van der Waals surface area contributed by atoms with Crippen molar-refractivity contribution in [1.29, 1.82) is 0 Å². The molecule has 0 aliphatic carbocycles. The largest absolute Gasteiger partial charge is 0.490 e. The molecule has 0 radical (unpaired) electrons. The van der Waals surface area contributed by atoms with Gasteiger partial charge in [-0.05, 0) is 56.2 Å². The predicted octanol–water partition coefficient (Wildman–Crippen LogP) is 4.55. The summed E-state index contributed by atoms with van der Waals surface area (Å²) in [5.74, 6) is 0.958. The summed E-state index contributed by atoms with van der Waals surface area (Å²) >= 11 is 0. The van der Waals surface area contributed by atoms with Gasteiger partial charge in [0.05, 0.1) is 13.2 Å². The molecule has 0 spiro atoms. The Labute approximate surface area is 195 Å². The molecule has 0 saturated heterocycles. The lowest BCUT2D eigenvalue weighted by atomic mass is 9.79. The third kappa shape index (κ3) is 9.63. The van der Waals surface area contributed by atoms with Crippen LogP contribution in [0.4, 0.5) is 8.78 Å². The molecule has 0 atom stereocenters. The summed E-state index contributed by atoms with van der Waals surface area (Å²) in [6.45, 7) is 7.40. The first-order chi connectivity index (χ1) is 13.9. The van der Waals surface area contributed by atoms with Gasteiger partial charge < -0.3 is 25.2 Å². The Balaban J connectivity index is 0.00000841. The van der Waals surface area contributed by atoms with Gasteiger partial charge in [0.2, 0.25) is 0 Å². The van der Waals surface area contributed by atoms with Gasteiger partial charge in [0.1, 0.15) is 0 Å². The van der Waals surface area contributed by atoms with Crippen LogP contribution in [0, 0.1) is 5.41 Å². The zero-order chi connectivity index (χ0) is 21.7. The third-order valence-electron chi connectivity index (χ3n) is 5.06. The Morgan fingerprint density at radius 2 is 1.83 bits per heavy atom. The molecule has 30 heavy (non-hydrogen) atoms. The molecule has 9 heteroatoms. The van der Waals surface area contributed by atoms with E-state index in [9.17, 15) is 13.9 Å². The van der Waals surface area contributed by atoms with Crippen LogP contribution in [0.2, 0.25) is 0 Å². The second-order valence-electron chi connectivity index (χ2n) is 6.82. The maximum Gasteiger partial charge on any atom is 0.387 e. The molecule has 3 N–H and O–H groups in total. The van der Waals surface area contributed by atoms with Crippen molar-refractivity contribution in [2.24, 2.45) is 10.4 Å². The standard InChI is InChI=1S/C21H35F2N3O3.HI/c1-5-21(6-2,11-12-27)15-26-20(24-7-3)25-14-16-9-10-17(29-19(22)23)18(13-16)28-8-4;/h9-10,13,19,27H,5-8,11-12,14-15H2,1-4H3,(H2,24,25,26);1H. The van der Waals surface area contributed by atoms with Crippen molar-refractivity contribution in [3.8, 4) is 11.5 Å². The average molecular weight is 543 g/mol. The van der Waals surface area contributed by atoms with Gasteiger partial charge >= 0.3 is 6.61 Å². The number of aliphatic hydroxyl groups is 1. The molecule has 0 saturated carbocycles. The number of guanidine groups is 1. The molecule has 1 aromatic rings. The number of ether oxygens (including phenoxy) is 2. The Morgan fingerprint density at radius 3 is 2.37 bits per heavy atom.